The predicted molar refractivity (Wildman–Crippen MR) is 96.2 cm³/mol. The van der Waals surface area contributed by atoms with Gasteiger partial charge >= 0.3 is 5.91 Å². The number of carbonyl (C=O) groups excluding carboxylic acids is 1. The van der Waals surface area contributed by atoms with Gasteiger partial charge in [0.2, 0.25) is 0 Å². The molecular weight excluding hydrogens is 320 g/mol. The van der Waals surface area contributed by atoms with Gasteiger partial charge in [0.1, 0.15) is 0 Å². The van der Waals surface area contributed by atoms with Gasteiger partial charge in [-0.3, -0.25) is 4.79 Å². The Labute approximate surface area is 145 Å². The second-order valence-electron chi connectivity index (χ2n) is 5.73. The molecule has 4 nitrogen and oxygen atoms in total. The highest BCUT2D eigenvalue weighted by molar-refractivity contribution is 7.09. The fourth-order valence-corrected chi connectivity index (χ4v) is 3.75. The van der Waals surface area contributed by atoms with Crippen LogP contribution in [0.25, 0.3) is 11.3 Å². The summed E-state index contributed by atoms with van der Waals surface area (Å²) < 4.78 is 7.23. The van der Waals surface area contributed by atoms with Crippen molar-refractivity contribution in [2.24, 2.45) is 4.99 Å². The molecule has 0 fully saturated rings. The van der Waals surface area contributed by atoms with Crippen LogP contribution >= 0.6 is 11.3 Å². The summed E-state index contributed by atoms with van der Waals surface area (Å²) in [5.74, 6) is -0.0912. The number of hydrogen-bond donors (Lipinski definition) is 0. The lowest BCUT2D eigenvalue weighted by Gasteiger charge is -2.09. The average Bonchev–Trinajstić information content (AvgIpc) is 3.18. The van der Waals surface area contributed by atoms with Gasteiger partial charge < -0.3 is 8.98 Å². The minimum absolute atomic E-state index is 0.261. The lowest BCUT2D eigenvalue weighted by atomic mass is 10.0. The molecule has 0 aliphatic heterocycles. The molecule has 0 saturated carbocycles. The Morgan fingerprint density at radius 3 is 2.62 bits per heavy atom. The fourth-order valence-electron chi connectivity index (χ4n) is 2.69. The summed E-state index contributed by atoms with van der Waals surface area (Å²) in [5.41, 5.74) is 4.80. The maximum atomic E-state index is 12.2. The molecule has 0 spiro atoms. The Kier molecular flexibility index (Phi) is 4.53. The van der Waals surface area contributed by atoms with Crippen LogP contribution in [0.1, 0.15) is 33.5 Å². The minimum atomic E-state index is -0.352. The molecule has 0 unspecified atom stereocenters. The largest absolute Gasteiger partial charge is 0.459 e. The van der Waals surface area contributed by atoms with Crippen molar-refractivity contribution in [1.29, 1.82) is 0 Å². The van der Waals surface area contributed by atoms with E-state index in [1.165, 1.54) is 28.7 Å². The summed E-state index contributed by atoms with van der Waals surface area (Å²) in [7, 11) is 0. The molecule has 1 aromatic carbocycles. The van der Waals surface area contributed by atoms with E-state index >= 15 is 0 Å². The molecule has 2 heterocycles. The van der Waals surface area contributed by atoms with E-state index in [-0.39, 0.29) is 11.7 Å². The first kappa shape index (κ1) is 16.5. The van der Waals surface area contributed by atoms with Crippen LogP contribution in [0, 0.1) is 20.8 Å². The van der Waals surface area contributed by atoms with E-state index in [9.17, 15) is 4.79 Å². The molecule has 5 heteroatoms. The summed E-state index contributed by atoms with van der Waals surface area (Å²) in [6.07, 6.45) is 1.48. The van der Waals surface area contributed by atoms with Gasteiger partial charge in [0.15, 0.2) is 10.6 Å². The molecule has 0 atom stereocenters. The minimum Gasteiger partial charge on any atom is -0.459 e. The van der Waals surface area contributed by atoms with Crippen molar-refractivity contribution in [1.82, 2.24) is 4.57 Å². The number of carbonyl (C=O) groups is 1. The van der Waals surface area contributed by atoms with Gasteiger partial charge in [-0.15, -0.1) is 11.3 Å². The van der Waals surface area contributed by atoms with Crippen molar-refractivity contribution in [2.75, 3.05) is 0 Å². The Hall–Kier alpha value is -2.40. The third kappa shape index (κ3) is 2.99. The van der Waals surface area contributed by atoms with Gasteiger partial charge in [-0.2, -0.15) is 4.99 Å². The van der Waals surface area contributed by atoms with E-state index < -0.39 is 0 Å². The van der Waals surface area contributed by atoms with E-state index in [4.69, 9.17) is 4.42 Å². The number of furan rings is 1. The van der Waals surface area contributed by atoms with E-state index in [1.54, 1.807) is 12.1 Å². The summed E-state index contributed by atoms with van der Waals surface area (Å²) in [5, 5.41) is 0. The number of thiazole rings is 1. The number of rotatable bonds is 3. The van der Waals surface area contributed by atoms with Crippen LogP contribution in [-0.4, -0.2) is 10.5 Å². The van der Waals surface area contributed by atoms with Crippen LogP contribution in [0.2, 0.25) is 0 Å². The van der Waals surface area contributed by atoms with Crippen molar-refractivity contribution in [3.8, 4) is 11.3 Å². The summed E-state index contributed by atoms with van der Waals surface area (Å²) in [4.78, 5) is 18.3. The second-order valence-corrected chi connectivity index (χ2v) is 6.91. The van der Waals surface area contributed by atoms with Gasteiger partial charge in [0, 0.05) is 11.4 Å². The molecule has 0 aliphatic carbocycles. The molecule has 124 valence electrons. The number of aryl methyl sites for hydroxylation is 3. The molecular formula is C19H20N2O2S. The Bertz CT molecular complexity index is 946. The van der Waals surface area contributed by atoms with Crippen LogP contribution < -0.4 is 4.80 Å². The highest BCUT2D eigenvalue weighted by atomic mass is 32.1. The topological polar surface area (TPSA) is 47.5 Å². The number of aromatic nitrogens is 1. The maximum Gasteiger partial charge on any atom is 0.315 e. The lowest BCUT2D eigenvalue weighted by Crippen LogP contribution is -2.17. The summed E-state index contributed by atoms with van der Waals surface area (Å²) in [6, 6.07) is 9.77. The number of hydrogen-bond acceptors (Lipinski definition) is 3. The SMILES string of the molecule is CCn1c(-c2ccc(C)c(C)c2)c(C)sc1=NC(=O)c1ccco1. The molecule has 0 N–H and O–H groups in total. The maximum absolute atomic E-state index is 12.2. The molecule has 3 aromatic rings. The zero-order chi connectivity index (χ0) is 17.3. The molecule has 0 radical (unpaired) electrons. The zero-order valence-corrected chi connectivity index (χ0v) is 15.1. The average molecular weight is 340 g/mol. The Balaban J connectivity index is 2.14. The quantitative estimate of drug-likeness (QED) is 0.705. The Morgan fingerprint density at radius 2 is 2.00 bits per heavy atom. The van der Waals surface area contributed by atoms with Crippen LogP contribution in [0.3, 0.4) is 0 Å². The second kappa shape index (κ2) is 6.61. The monoisotopic (exact) mass is 340 g/mol. The van der Waals surface area contributed by atoms with Crippen molar-refractivity contribution in [2.45, 2.75) is 34.2 Å². The summed E-state index contributed by atoms with van der Waals surface area (Å²) in [6.45, 7) is 9.10. The number of nitrogens with zero attached hydrogens (tertiary/aromatic N) is 2. The normalized spacial score (nSPS) is 11.9. The lowest BCUT2D eigenvalue weighted by molar-refractivity contribution is 0.0971. The van der Waals surface area contributed by atoms with Gasteiger partial charge in [-0.05, 0) is 62.6 Å². The molecule has 2 aromatic heterocycles. The Morgan fingerprint density at radius 1 is 1.21 bits per heavy atom. The van der Waals surface area contributed by atoms with Crippen LogP contribution in [-0.2, 0) is 6.54 Å². The van der Waals surface area contributed by atoms with Gasteiger partial charge in [0.25, 0.3) is 0 Å². The van der Waals surface area contributed by atoms with Gasteiger partial charge in [-0.1, -0.05) is 12.1 Å². The number of benzene rings is 1. The van der Waals surface area contributed by atoms with Crippen LogP contribution in [0.15, 0.2) is 46.0 Å². The predicted octanol–water partition coefficient (Wildman–Crippen LogP) is 4.50. The van der Waals surface area contributed by atoms with E-state index in [0.29, 0.717) is 4.80 Å². The number of amides is 1. The van der Waals surface area contributed by atoms with Crippen LogP contribution in [0.5, 0.6) is 0 Å². The van der Waals surface area contributed by atoms with E-state index in [2.05, 4.69) is 55.5 Å². The standard InChI is InChI=1S/C19H20N2O2S/c1-5-21-17(15-9-8-12(2)13(3)11-15)14(4)24-19(21)20-18(22)16-7-6-10-23-16/h6-11H,5H2,1-4H3. The van der Waals surface area contributed by atoms with Crippen molar-refractivity contribution in [3.05, 3.63) is 63.2 Å². The van der Waals surface area contributed by atoms with Crippen LogP contribution in [0.4, 0.5) is 0 Å². The third-order valence-electron chi connectivity index (χ3n) is 4.10. The smallest absolute Gasteiger partial charge is 0.315 e. The van der Waals surface area contributed by atoms with Gasteiger partial charge in [0.05, 0.1) is 12.0 Å². The highest BCUT2D eigenvalue weighted by Gasteiger charge is 2.14. The van der Waals surface area contributed by atoms with Crippen molar-refractivity contribution in [3.63, 3.8) is 0 Å². The highest BCUT2D eigenvalue weighted by Crippen LogP contribution is 2.27. The van der Waals surface area contributed by atoms with E-state index in [1.807, 2.05) is 0 Å². The summed E-state index contributed by atoms with van der Waals surface area (Å²) >= 11 is 1.53. The molecule has 1 amide bonds. The van der Waals surface area contributed by atoms with E-state index in [0.717, 1.165) is 22.7 Å². The molecule has 24 heavy (non-hydrogen) atoms. The van der Waals surface area contributed by atoms with Crippen molar-refractivity contribution < 1.29 is 9.21 Å². The fraction of sp³-hybridized carbons (Fsp3) is 0.263. The first-order valence-corrected chi connectivity index (χ1v) is 8.73. The first-order valence-electron chi connectivity index (χ1n) is 7.91. The zero-order valence-electron chi connectivity index (χ0n) is 14.3. The first-order chi connectivity index (χ1) is 11.5. The molecule has 0 aliphatic rings. The third-order valence-corrected chi connectivity index (χ3v) is 5.10. The van der Waals surface area contributed by atoms with Gasteiger partial charge in [-0.25, -0.2) is 0 Å². The van der Waals surface area contributed by atoms with Crippen molar-refractivity contribution >= 4 is 17.2 Å². The molecule has 3 rings (SSSR count). The molecule has 0 bridgehead atoms. The molecule has 0 saturated heterocycles.